The van der Waals surface area contributed by atoms with Gasteiger partial charge >= 0.3 is 17.9 Å². The molecule has 0 aliphatic rings. The molecule has 0 aromatic rings. The lowest BCUT2D eigenvalue weighted by Gasteiger charge is -2.18. The van der Waals surface area contributed by atoms with Crippen molar-refractivity contribution in [1.82, 2.24) is 0 Å². The molecule has 0 N–H and O–H groups in total. The largest absolute Gasteiger partial charge is 0.462 e. The first-order valence-corrected chi connectivity index (χ1v) is 29.4. The van der Waals surface area contributed by atoms with Gasteiger partial charge in [-0.15, -0.1) is 0 Å². The molecule has 0 radical (unpaired) electrons. The Morgan fingerprint density at radius 3 is 0.754 bits per heavy atom. The van der Waals surface area contributed by atoms with Crippen molar-refractivity contribution in [2.24, 2.45) is 5.92 Å². The zero-order valence-electron chi connectivity index (χ0n) is 44.5. The van der Waals surface area contributed by atoms with E-state index in [1.807, 2.05) is 0 Å². The van der Waals surface area contributed by atoms with Crippen LogP contribution in [0.1, 0.15) is 336 Å². The van der Waals surface area contributed by atoms with Gasteiger partial charge in [-0.2, -0.15) is 0 Å². The average Bonchev–Trinajstić information content (AvgIpc) is 3.29. The fourth-order valence-electron chi connectivity index (χ4n) is 9.10. The Hall–Kier alpha value is -1.59. The summed E-state index contributed by atoms with van der Waals surface area (Å²) in [6.07, 6.45) is 58.1. The molecule has 6 heteroatoms. The number of carbonyl (C=O) groups is 3. The number of hydrogen-bond donors (Lipinski definition) is 0. The summed E-state index contributed by atoms with van der Waals surface area (Å²) >= 11 is 0. The monoisotopic (exact) mass is 919 g/mol. The number of carbonyl (C=O) groups excluding carboxylic acids is 3. The number of ether oxygens (including phenoxy) is 3. The molecule has 0 fully saturated rings. The van der Waals surface area contributed by atoms with Crippen LogP contribution in [0.3, 0.4) is 0 Å². The summed E-state index contributed by atoms with van der Waals surface area (Å²) in [5.74, 6) is 0.0229. The molecule has 386 valence electrons. The molecule has 0 saturated heterocycles. The third-order valence-electron chi connectivity index (χ3n) is 13.5. The maximum absolute atomic E-state index is 12.8. The van der Waals surface area contributed by atoms with Gasteiger partial charge in [0, 0.05) is 19.3 Å². The van der Waals surface area contributed by atoms with Crippen LogP contribution in [0.25, 0.3) is 0 Å². The standard InChI is InChI=1S/C59H114O6/c1-5-7-9-11-13-15-17-18-19-25-29-32-36-40-44-48-52-59(62)65-56(53-63-57(60)50-46-42-38-34-16-14-12-10-8-6-2)54-64-58(61)51-47-43-39-35-31-28-26-23-21-20-22-24-27-30-33-37-41-45-49-55(3)4/h55-56H,5-54H2,1-4H3/t56-/m1/s1. The van der Waals surface area contributed by atoms with Crippen LogP contribution in [-0.4, -0.2) is 37.2 Å². The zero-order valence-corrected chi connectivity index (χ0v) is 44.5. The van der Waals surface area contributed by atoms with E-state index in [2.05, 4.69) is 27.7 Å². The highest BCUT2D eigenvalue weighted by Gasteiger charge is 2.19. The fraction of sp³-hybridized carbons (Fsp3) is 0.949. The van der Waals surface area contributed by atoms with Gasteiger partial charge in [0.15, 0.2) is 6.10 Å². The molecule has 0 unspecified atom stereocenters. The second-order valence-electron chi connectivity index (χ2n) is 20.8. The lowest BCUT2D eigenvalue weighted by Crippen LogP contribution is -2.30. The quantitative estimate of drug-likeness (QED) is 0.0344. The highest BCUT2D eigenvalue weighted by atomic mass is 16.6. The van der Waals surface area contributed by atoms with Crippen LogP contribution in [0.15, 0.2) is 0 Å². The molecular weight excluding hydrogens is 805 g/mol. The van der Waals surface area contributed by atoms with Crippen molar-refractivity contribution in [2.75, 3.05) is 13.2 Å². The Balaban J connectivity index is 4.20. The molecule has 0 rings (SSSR count). The molecule has 0 heterocycles. The van der Waals surface area contributed by atoms with Crippen molar-refractivity contribution in [3.8, 4) is 0 Å². The molecule has 0 bridgehead atoms. The van der Waals surface area contributed by atoms with Crippen LogP contribution < -0.4 is 0 Å². The molecule has 0 aromatic heterocycles. The molecule has 0 aliphatic heterocycles. The maximum Gasteiger partial charge on any atom is 0.306 e. The van der Waals surface area contributed by atoms with Crippen LogP contribution in [0, 0.1) is 5.92 Å². The van der Waals surface area contributed by atoms with E-state index in [-0.39, 0.29) is 31.1 Å². The topological polar surface area (TPSA) is 78.9 Å². The molecule has 0 amide bonds. The summed E-state index contributed by atoms with van der Waals surface area (Å²) in [5, 5.41) is 0. The fourth-order valence-corrected chi connectivity index (χ4v) is 9.10. The third-order valence-corrected chi connectivity index (χ3v) is 13.5. The van der Waals surface area contributed by atoms with E-state index in [0.717, 1.165) is 63.7 Å². The van der Waals surface area contributed by atoms with Crippen molar-refractivity contribution in [1.29, 1.82) is 0 Å². The van der Waals surface area contributed by atoms with Crippen LogP contribution in [0.2, 0.25) is 0 Å². The normalized spacial score (nSPS) is 12.0. The van der Waals surface area contributed by atoms with E-state index in [4.69, 9.17) is 14.2 Å². The molecule has 6 nitrogen and oxygen atoms in total. The summed E-state index contributed by atoms with van der Waals surface area (Å²) in [6.45, 7) is 9.07. The molecule has 1 atom stereocenters. The summed E-state index contributed by atoms with van der Waals surface area (Å²) in [6, 6.07) is 0. The Kier molecular flexibility index (Phi) is 52.1. The van der Waals surface area contributed by atoms with E-state index in [9.17, 15) is 14.4 Å². The van der Waals surface area contributed by atoms with E-state index in [1.54, 1.807) is 0 Å². The second-order valence-corrected chi connectivity index (χ2v) is 20.8. The van der Waals surface area contributed by atoms with Gasteiger partial charge in [0.25, 0.3) is 0 Å². The Bertz CT molecular complexity index is 980. The van der Waals surface area contributed by atoms with Gasteiger partial charge in [0.1, 0.15) is 13.2 Å². The SMILES string of the molecule is CCCCCCCCCCCCCCCCCCC(=O)O[C@H](COC(=O)CCCCCCCCCCCC)COC(=O)CCCCCCCCCCCCCCCCCCCCC(C)C. The Morgan fingerprint density at radius 1 is 0.292 bits per heavy atom. The van der Waals surface area contributed by atoms with Gasteiger partial charge in [0.2, 0.25) is 0 Å². The summed E-state index contributed by atoms with van der Waals surface area (Å²) in [4.78, 5) is 38.1. The zero-order chi connectivity index (χ0) is 47.4. The first-order chi connectivity index (χ1) is 31.9. The number of esters is 3. The minimum atomic E-state index is -0.761. The van der Waals surface area contributed by atoms with Crippen LogP contribution >= 0.6 is 0 Å². The highest BCUT2D eigenvalue weighted by Crippen LogP contribution is 2.18. The summed E-state index contributed by atoms with van der Waals surface area (Å²) < 4.78 is 16.9. The molecular formula is C59H114O6. The summed E-state index contributed by atoms with van der Waals surface area (Å²) in [7, 11) is 0. The van der Waals surface area contributed by atoms with Crippen molar-refractivity contribution < 1.29 is 28.6 Å². The highest BCUT2D eigenvalue weighted by molar-refractivity contribution is 5.71. The van der Waals surface area contributed by atoms with Crippen molar-refractivity contribution in [3.05, 3.63) is 0 Å². The predicted octanol–water partition coefficient (Wildman–Crippen LogP) is 19.4. The van der Waals surface area contributed by atoms with Gasteiger partial charge in [-0.3, -0.25) is 14.4 Å². The van der Waals surface area contributed by atoms with Gasteiger partial charge in [-0.25, -0.2) is 0 Å². The number of unbranched alkanes of at least 4 members (excludes halogenated alkanes) is 41. The predicted molar refractivity (Wildman–Crippen MR) is 280 cm³/mol. The molecule has 0 aromatic carbocycles. The lowest BCUT2D eigenvalue weighted by atomic mass is 10.0. The lowest BCUT2D eigenvalue weighted by molar-refractivity contribution is -0.167. The van der Waals surface area contributed by atoms with Gasteiger partial charge < -0.3 is 14.2 Å². The maximum atomic E-state index is 12.8. The van der Waals surface area contributed by atoms with E-state index in [0.29, 0.717) is 19.3 Å². The second kappa shape index (κ2) is 53.4. The third kappa shape index (κ3) is 53.2. The first-order valence-electron chi connectivity index (χ1n) is 29.4. The summed E-state index contributed by atoms with van der Waals surface area (Å²) in [5.41, 5.74) is 0. The van der Waals surface area contributed by atoms with Gasteiger partial charge in [-0.05, 0) is 25.2 Å². The van der Waals surface area contributed by atoms with E-state index in [1.165, 1.54) is 231 Å². The van der Waals surface area contributed by atoms with Crippen molar-refractivity contribution in [2.45, 2.75) is 342 Å². The number of hydrogen-bond acceptors (Lipinski definition) is 6. The Morgan fingerprint density at radius 2 is 0.508 bits per heavy atom. The van der Waals surface area contributed by atoms with Crippen LogP contribution in [0.4, 0.5) is 0 Å². The van der Waals surface area contributed by atoms with E-state index < -0.39 is 6.10 Å². The van der Waals surface area contributed by atoms with Crippen LogP contribution in [0.5, 0.6) is 0 Å². The van der Waals surface area contributed by atoms with Crippen LogP contribution in [-0.2, 0) is 28.6 Å². The average molecular weight is 920 g/mol. The Labute approximate surface area is 406 Å². The van der Waals surface area contributed by atoms with Crippen molar-refractivity contribution >= 4 is 17.9 Å². The minimum Gasteiger partial charge on any atom is -0.462 e. The molecule has 65 heavy (non-hydrogen) atoms. The molecule has 0 spiro atoms. The first kappa shape index (κ1) is 63.4. The van der Waals surface area contributed by atoms with Gasteiger partial charge in [-0.1, -0.05) is 297 Å². The van der Waals surface area contributed by atoms with E-state index >= 15 is 0 Å². The molecule has 0 aliphatic carbocycles. The van der Waals surface area contributed by atoms with Crippen molar-refractivity contribution in [3.63, 3.8) is 0 Å². The number of rotatable bonds is 54. The van der Waals surface area contributed by atoms with Gasteiger partial charge in [0.05, 0.1) is 0 Å². The minimum absolute atomic E-state index is 0.0618. The molecule has 0 saturated carbocycles. The smallest absolute Gasteiger partial charge is 0.306 e.